The van der Waals surface area contributed by atoms with Crippen molar-refractivity contribution in [1.29, 1.82) is 0 Å². The highest BCUT2D eigenvalue weighted by Gasteiger charge is 2.18. The van der Waals surface area contributed by atoms with Crippen molar-refractivity contribution < 1.29 is 4.79 Å². The summed E-state index contributed by atoms with van der Waals surface area (Å²) in [6.45, 7) is 14.8. The summed E-state index contributed by atoms with van der Waals surface area (Å²) in [5.74, 6) is 0.298. The summed E-state index contributed by atoms with van der Waals surface area (Å²) in [6, 6.07) is 2.17. The van der Waals surface area contributed by atoms with Crippen molar-refractivity contribution >= 4 is 5.78 Å². The van der Waals surface area contributed by atoms with Crippen LogP contribution in [0.5, 0.6) is 0 Å². The van der Waals surface area contributed by atoms with Gasteiger partial charge in [0.05, 0.1) is 0 Å². The number of ketones is 1. The molecule has 0 spiro atoms. The maximum Gasteiger partial charge on any atom is 0.163 e. The molecule has 1 aromatic rings. The Kier molecular flexibility index (Phi) is 4.37. The number of benzene rings is 1. The first-order valence-corrected chi connectivity index (χ1v) is 6.74. The standard InChI is InChI=1S/C17H26O/c1-11-10-12(2)14(4)16(13(11)3)15(18)8-9-17(5,6)7/h10H,8-9H2,1-7H3. The fourth-order valence-corrected chi connectivity index (χ4v) is 2.25. The third kappa shape index (κ3) is 3.44. The Morgan fingerprint density at radius 3 is 1.83 bits per heavy atom. The molecular formula is C17H26O. The van der Waals surface area contributed by atoms with Gasteiger partial charge in [0.15, 0.2) is 5.78 Å². The summed E-state index contributed by atoms with van der Waals surface area (Å²) in [6.07, 6.45) is 1.59. The zero-order valence-corrected chi connectivity index (χ0v) is 12.9. The molecule has 0 saturated carbocycles. The van der Waals surface area contributed by atoms with Gasteiger partial charge >= 0.3 is 0 Å². The molecule has 1 nitrogen and oxygen atoms in total. The van der Waals surface area contributed by atoms with Gasteiger partial charge < -0.3 is 0 Å². The quantitative estimate of drug-likeness (QED) is 0.691. The Balaban J connectivity index is 3.06. The van der Waals surface area contributed by atoms with Gasteiger partial charge in [0.1, 0.15) is 0 Å². The maximum absolute atomic E-state index is 12.4. The van der Waals surface area contributed by atoms with Crippen LogP contribution in [0.3, 0.4) is 0 Å². The van der Waals surface area contributed by atoms with Gasteiger partial charge in [-0.1, -0.05) is 26.8 Å². The van der Waals surface area contributed by atoms with Crippen molar-refractivity contribution in [2.75, 3.05) is 0 Å². The number of carbonyl (C=O) groups is 1. The minimum absolute atomic E-state index is 0.219. The summed E-state index contributed by atoms with van der Waals surface area (Å²) in [4.78, 5) is 12.4. The smallest absolute Gasteiger partial charge is 0.163 e. The number of carbonyl (C=O) groups excluding carboxylic acids is 1. The molecule has 0 unspecified atom stereocenters. The summed E-state index contributed by atoms with van der Waals surface area (Å²) >= 11 is 0. The fraction of sp³-hybridized carbons (Fsp3) is 0.588. The third-order valence-electron chi connectivity index (χ3n) is 3.75. The van der Waals surface area contributed by atoms with Crippen LogP contribution in [0.4, 0.5) is 0 Å². The Morgan fingerprint density at radius 2 is 1.44 bits per heavy atom. The summed E-state index contributed by atoms with van der Waals surface area (Å²) < 4.78 is 0. The molecule has 0 radical (unpaired) electrons. The average Bonchev–Trinajstić information content (AvgIpc) is 2.23. The molecular weight excluding hydrogens is 220 g/mol. The van der Waals surface area contributed by atoms with Crippen LogP contribution < -0.4 is 0 Å². The minimum Gasteiger partial charge on any atom is -0.294 e. The molecule has 1 rings (SSSR count). The molecule has 0 atom stereocenters. The zero-order chi connectivity index (χ0) is 14.1. The van der Waals surface area contributed by atoms with Gasteiger partial charge in [-0.25, -0.2) is 0 Å². The van der Waals surface area contributed by atoms with Gasteiger partial charge in [0.25, 0.3) is 0 Å². The molecule has 18 heavy (non-hydrogen) atoms. The van der Waals surface area contributed by atoms with Gasteiger partial charge in [0, 0.05) is 12.0 Å². The molecule has 0 fully saturated rings. The Morgan fingerprint density at radius 1 is 1.00 bits per heavy atom. The fourth-order valence-electron chi connectivity index (χ4n) is 2.25. The molecule has 100 valence electrons. The number of Topliss-reactive ketones (excluding diaryl/α,β-unsaturated/α-hetero) is 1. The highest BCUT2D eigenvalue weighted by atomic mass is 16.1. The van der Waals surface area contributed by atoms with Gasteiger partial charge in [-0.05, 0) is 61.8 Å². The van der Waals surface area contributed by atoms with Crippen LogP contribution in [0.2, 0.25) is 0 Å². The predicted octanol–water partition coefficient (Wildman–Crippen LogP) is 4.93. The first-order chi connectivity index (χ1) is 8.13. The van der Waals surface area contributed by atoms with E-state index in [0.717, 1.165) is 23.1 Å². The molecule has 0 aliphatic carbocycles. The lowest BCUT2D eigenvalue weighted by Gasteiger charge is -2.19. The van der Waals surface area contributed by atoms with Crippen LogP contribution in [0, 0.1) is 33.1 Å². The van der Waals surface area contributed by atoms with E-state index in [1.165, 1.54) is 11.1 Å². The highest BCUT2D eigenvalue weighted by molar-refractivity contribution is 5.99. The van der Waals surface area contributed by atoms with Crippen LogP contribution in [0.1, 0.15) is 66.2 Å². The predicted molar refractivity (Wildman–Crippen MR) is 78.4 cm³/mol. The van der Waals surface area contributed by atoms with Crippen molar-refractivity contribution in [1.82, 2.24) is 0 Å². The van der Waals surface area contributed by atoms with Crippen molar-refractivity contribution in [2.24, 2.45) is 5.41 Å². The Hall–Kier alpha value is -1.11. The lowest BCUT2D eigenvalue weighted by Crippen LogP contribution is -2.12. The van der Waals surface area contributed by atoms with Crippen LogP contribution in [-0.4, -0.2) is 5.78 Å². The topological polar surface area (TPSA) is 17.1 Å². The molecule has 1 aromatic carbocycles. The van der Waals surface area contributed by atoms with Crippen LogP contribution in [0.25, 0.3) is 0 Å². The van der Waals surface area contributed by atoms with Gasteiger partial charge in [-0.15, -0.1) is 0 Å². The van der Waals surface area contributed by atoms with E-state index in [9.17, 15) is 4.79 Å². The molecule has 0 aliphatic rings. The van der Waals surface area contributed by atoms with E-state index in [-0.39, 0.29) is 5.41 Å². The largest absolute Gasteiger partial charge is 0.294 e. The summed E-state index contributed by atoms with van der Waals surface area (Å²) in [5.41, 5.74) is 5.91. The number of aryl methyl sites for hydroxylation is 2. The van der Waals surface area contributed by atoms with Crippen molar-refractivity contribution in [3.8, 4) is 0 Å². The Bertz CT molecular complexity index is 435. The second-order valence-corrected chi connectivity index (χ2v) is 6.62. The van der Waals surface area contributed by atoms with E-state index in [0.29, 0.717) is 12.2 Å². The number of rotatable bonds is 3. The minimum atomic E-state index is 0.219. The lowest BCUT2D eigenvalue weighted by molar-refractivity contribution is 0.0964. The molecule has 1 heteroatoms. The average molecular weight is 246 g/mol. The summed E-state index contributed by atoms with van der Waals surface area (Å²) in [5, 5.41) is 0. The van der Waals surface area contributed by atoms with E-state index in [1.807, 2.05) is 0 Å². The first-order valence-electron chi connectivity index (χ1n) is 6.74. The summed E-state index contributed by atoms with van der Waals surface area (Å²) in [7, 11) is 0. The zero-order valence-electron chi connectivity index (χ0n) is 12.9. The van der Waals surface area contributed by atoms with Crippen LogP contribution in [-0.2, 0) is 0 Å². The van der Waals surface area contributed by atoms with E-state index in [2.05, 4.69) is 54.5 Å². The van der Waals surface area contributed by atoms with Crippen LogP contribution in [0.15, 0.2) is 6.07 Å². The normalized spacial score (nSPS) is 11.7. The second kappa shape index (κ2) is 5.26. The van der Waals surface area contributed by atoms with E-state index in [4.69, 9.17) is 0 Å². The molecule has 0 bridgehead atoms. The molecule has 0 amide bonds. The number of hydrogen-bond donors (Lipinski definition) is 0. The van der Waals surface area contributed by atoms with Crippen LogP contribution >= 0.6 is 0 Å². The molecule has 0 heterocycles. The van der Waals surface area contributed by atoms with Crippen molar-refractivity contribution in [2.45, 2.75) is 61.3 Å². The molecule has 0 aromatic heterocycles. The number of hydrogen-bond acceptors (Lipinski definition) is 1. The van der Waals surface area contributed by atoms with Crippen molar-refractivity contribution in [3.63, 3.8) is 0 Å². The first kappa shape index (κ1) is 14.9. The monoisotopic (exact) mass is 246 g/mol. The van der Waals surface area contributed by atoms with Gasteiger partial charge in [0.2, 0.25) is 0 Å². The van der Waals surface area contributed by atoms with Gasteiger partial charge in [-0.3, -0.25) is 4.79 Å². The third-order valence-corrected chi connectivity index (χ3v) is 3.75. The lowest BCUT2D eigenvalue weighted by atomic mass is 9.85. The van der Waals surface area contributed by atoms with E-state index in [1.54, 1.807) is 0 Å². The molecule has 0 aliphatic heterocycles. The van der Waals surface area contributed by atoms with E-state index < -0.39 is 0 Å². The van der Waals surface area contributed by atoms with Crippen molar-refractivity contribution in [3.05, 3.63) is 33.9 Å². The second-order valence-electron chi connectivity index (χ2n) is 6.62. The van der Waals surface area contributed by atoms with E-state index >= 15 is 0 Å². The SMILES string of the molecule is Cc1cc(C)c(C)c(C(=O)CCC(C)(C)C)c1C. The molecule has 0 saturated heterocycles. The molecule has 0 N–H and O–H groups in total. The maximum atomic E-state index is 12.4. The highest BCUT2D eigenvalue weighted by Crippen LogP contribution is 2.26. The Labute approximate surface area is 112 Å². The van der Waals surface area contributed by atoms with Gasteiger partial charge in [-0.2, -0.15) is 0 Å².